The molecule has 0 aliphatic heterocycles. The van der Waals surface area contributed by atoms with Crippen molar-refractivity contribution < 1.29 is 38.3 Å². The van der Waals surface area contributed by atoms with E-state index in [4.69, 9.17) is 4.74 Å². The largest absolute Gasteiger partial charge is 1.00 e. The molecule has 1 amide bonds. The van der Waals surface area contributed by atoms with Gasteiger partial charge in [0.05, 0.1) is 25.2 Å². The monoisotopic (exact) mass is 483 g/mol. The Balaban J connectivity index is 0.00000432. The Hall–Kier alpha value is -2.49. The van der Waals surface area contributed by atoms with E-state index in [1.165, 1.54) is 17.3 Å². The number of ether oxygens (including phenoxy) is 1. The third kappa shape index (κ3) is 8.30. The van der Waals surface area contributed by atoms with E-state index >= 15 is 0 Å². The van der Waals surface area contributed by atoms with E-state index in [0.717, 1.165) is 27.8 Å². The molecular weight excluding hydrogens is 453 g/mol. The number of carbonyl (C=O) groups is 2. The number of amides is 1. The van der Waals surface area contributed by atoms with Crippen LogP contribution in [0.2, 0.25) is 0 Å². The summed E-state index contributed by atoms with van der Waals surface area (Å²) in [6.07, 6.45) is 2.20. The first-order chi connectivity index (χ1) is 16.4. The molecule has 178 valence electrons. The first kappa shape index (κ1) is 28.7. The SMILES string of the molecule is CSCC[C@H](NC(=O)c1ccc(COCc2cccc(C)c2)cc1-c1ccccc1C)C(=O)[O-].[Li+]. The minimum Gasteiger partial charge on any atom is -0.548 e. The molecule has 0 heterocycles. The summed E-state index contributed by atoms with van der Waals surface area (Å²) in [7, 11) is 0. The van der Waals surface area contributed by atoms with Crippen LogP contribution >= 0.6 is 11.8 Å². The van der Waals surface area contributed by atoms with Crippen LogP contribution < -0.4 is 29.3 Å². The van der Waals surface area contributed by atoms with Gasteiger partial charge in [-0.1, -0.05) is 60.2 Å². The Morgan fingerprint density at radius 3 is 2.31 bits per heavy atom. The minimum absolute atomic E-state index is 0. The molecule has 0 unspecified atom stereocenters. The molecule has 0 fully saturated rings. The van der Waals surface area contributed by atoms with E-state index in [2.05, 4.69) is 11.4 Å². The fourth-order valence-corrected chi connectivity index (χ4v) is 4.26. The van der Waals surface area contributed by atoms with Gasteiger partial charge in [-0.15, -0.1) is 0 Å². The Bertz CT molecular complexity index is 1150. The first-order valence-electron chi connectivity index (χ1n) is 11.2. The number of carbonyl (C=O) groups excluding carboxylic acids is 2. The number of rotatable bonds is 11. The van der Waals surface area contributed by atoms with Crippen LogP contribution in [0, 0.1) is 13.8 Å². The van der Waals surface area contributed by atoms with Crippen molar-refractivity contribution in [1.29, 1.82) is 0 Å². The third-order valence-electron chi connectivity index (χ3n) is 5.58. The Morgan fingerprint density at radius 2 is 1.66 bits per heavy atom. The predicted molar refractivity (Wildman–Crippen MR) is 136 cm³/mol. The maximum Gasteiger partial charge on any atom is 1.00 e. The number of nitrogens with one attached hydrogen (secondary N) is 1. The summed E-state index contributed by atoms with van der Waals surface area (Å²) >= 11 is 1.52. The molecule has 0 aromatic heterocycles. The van der Waals surface area contributed by atoms with E-state index in [-0.39, 0.29) is 18.9 Å². The maximum absolute atomic E-state index is 13.1. The summed E-state index contributed by atoms with van der Waals surface area (Å²) in [6.45, 7) is 4.92. The summed E-state index contributed by atoms with van der Waals surface area (Å²) < 4.78 is 5.93. The van der Waals surface area contributed by atoms with E-state index in [0.29, 0.717) is 31.0 Å². The number of thioether (sulfide) groups is 1. The molecular formula is C28H30LiNO4S. The number of aliphatic carboxylic acids is 1. The molecule has 3 rings (SSSR count). The van der Waals surface area contributed by atoms with Crippen molar-refractivity contribution in [3.05, 3.63) is 94.5 Å². The Morgan fingerprint density at radius 1 is 0.943 bits per heavy atom. The summed E-state index contributed by atoms with van der Waals surface area (Å²) in [5.74, 6) is -1.09. The van der Waals surface area contributed by atoms with Crippen LogP contribution in [0.25, 0.3) is 11.1 Å². The van der Waals surface area contributed by atoms with Crippen molar-refractivity contribution in [3.63, 3.8) is 0 Å². The quantitative estimate of drug-likeness (QED) is 0.416. The fourth-order valence-electron chi connectivity index (χ4n) is 3.79. The van der Waals surface area contributed by atoms with Gasteiger partial charge in [0.15, 0.2) is 0 Å². The number of aryl methyl sites for hydroxylation is 2. The number of carboxylic acid groups (broad SMARTS) is 1. The van der Waals surface area contributed by atoms with E-state index < -0.39 is 17.9 Å². The number of benzene rings is 3. The van der Waals surface area contributed by atoms with Gasteiger partial charge in [-0.2, -0.15) is 11.8 Å². The predicted octanol–water partition coefficient (Wildman–Crippen LogP) is 1.29. The second-order valence-electron chi connectivity index (χ2n) is 8.30. The first-order valence-corrected chi connectivity index (χ1v) is 12.6. The second kappa shape index (κ2) is 14.2. The van der Waals surface area contributed by atoms with Crippen LogP contribution in [-0.4, -0.2) is 29.9 Å². The molecule has 1 N–H and O–H groups in total. The average Bonchev–Trinajstić information content (AvgIpc) is 2.82. The topological polar surface area (TPSA) is 78.5 Å². The van der Waals surface area contributed by atoms with Gasteiger partial charge in [-0.3, -0.25) is 4.79 Å². The smallest absolute Gasteiger partial charge is 0.548 e. The molecule has 0 bridgehead atoms. The molecule has 0 radical (unpaired) electrons. The maximum atomic E-state index is 13.1. The van der Waals surface area contributed by atoms with Crippen LogP contribution in [0.1, 0.15) is 39.0 Å². The molecule has 1 atom stereocenters. The molecule has 7 heteroatoms. The molecule has 0 spiro atoms. The van der Waals surface area contributed by atoms with Crippen LogP contribution in [0.5, 0.6) is 0 Å². The van der Waals surface area contributed by atoms with Gasteiger partial charge in [0, 0.05) is 5.56 Å². The van der Waals surface area contributed by atoms with Gasteiger partial charge < -0.3 is 20.0 Å². The zero-order valence-electron chi connectivity index (χ0n) is 20.8. The molecule has 0 saturated heterocycles. The van der Waals surface area contributed by atoms with Crippen LogP contribution in [0.3, 0.4) is 0 Å². The summed E-state index contributed by atoms with van der Waals surface area (Å²) in [5, 5.41) is 14.2. The van der Waals surface area contributed by atoms with Gasteiger partial charge in [0.25, 0.3) is 5.91 Å². The Labute approximate surface area is 223 Å². The summed E-state index contributed by atoms with van der Waals surface area (Å²) in [5.41, 5.74) is 6.33. The zero-order valence-corrected chi connectivity index (χ0v) is 21.6. The van der Waals surface area contributed by atoms with Gasteiger partial charge in [0.1, 0.15) is 0 Å². The molecule has 5 nitrogen and oxygen atoms in total. The standard InChI is InChI=1S/C28H31NO4S.Li/c1-19-7-6-9-21(15-19)17-33-18-22-11-12-24(25(16-22)23-10-5-4-8-20(23)2)27(30)29-26(28(31)32)13-14-34-3;/h4-12,15-16,26H,13-14,17-18H2,1-3H3,(H,29,30)(H,31,32);/q;+1/p-1/t26-;/m0./s1. The van der Waals surface area contributed by atoms with Gasteiger partial charge in [-0.05, 0) is 72.2 Å². The van der Waals surface area contributed by atoms with Crippen molar-refractivity contribution >= 4 is 23.6 Å². The minimum atomic E-state index is -1.28. The average molecular weight is 484 g/mol. The van der Waals surface area contributed by atoms with E-state index in [9.17, 15) is 14.7 Å². The van der Waals surface area contributed by atoms with E-state index in [1.807, 2.05) is 74.7 Å². The number of carboxylic acids is 1. The second-order valence-corrected chi connectivity index (χ2v) is 9.29. The number of hydrogen-bond donors (Lipinski definition) is 1. The zero-order chi connectivity index (χ0) is 24.5. The van der Waals surface area contributed by atoms with Crippen LogP contribution in [0.15, 0.2) is 66.7 Å². The van der Waals surface area contributed by atoms with Crippen molar-refractivity contribution in [1.82, 2.24) is 5.32 Å². The van der Waals surface area contributed by atoms with Crippen LogP contribution in [0.4, 0.5) is 0 Å². The van der Waals surface area contributed by atoms with Crippen molar-refractivity contribution in [2.24, 2.45) is 0 Å². The normalized spacial score (nSPS) is 11.4. The van der Waals surface area contributed by atoms with Crippen molar-refractivity contribution in [3.8, 4) is 11.1 Å². The summed E-state index contributed by atoms with van der Waals surface area (Å²) in [4.78, 5) is 24.7. The van der Waals surface area contributed by atoms with Gasteiger partial charge in [0.2, 0.25) is 0 Å². The van der Waals surface area contributed by atoms with E-state index in [1.54, 1.807) is 6.07 Å². The molecule has 3 aromatic carbocycles. The Kier molecular flexibility index (Phi) is 11.6. The molecule has 0 saturated carbocycles. The van der Waals surface area contributed by atoms with Crippen molar-refractivity contribution in [2.75, 3.05) is 12.0 Å². The van der Waals surface area contributed by atoms with Gasteiger partial charge >= 0.3 is 18.9 Å². The molecule has 3 aromatic rings. The van der Waals surface area contributed by atoms with Crippen LogP contribution in [-0.2, 0) is 22.7 Å². The molecule has 35 heavy (non-hydrogen) atoms. The van der Waals surface area contributed by atoms with Crippen molar-refractivity contribution in [2.45, 2.75) is 39.5 Å². The number of hydrogen-bond acceptors (Lipinski definition) is 5. The fraction of sp³-hybridized carbons (Fsp3) is 0.286. The molecule has 0 aliphatic rings. The summed E-state index contributed by atoms with van der Waals surface area (Å²) in [6, 6.07) is 20.5. The molecule has 0 aliphatic carbocycles. The third-order valence-corrected chi connectivity index (χ3v) is 6.23. The van der Waals surface area contributed by atoms with Gasteiger partial charge in [-0.25, -0.2) is 0 Å².